The molecule has 0 radical (unpaired) electrons. The van der Waals surface area contributed by atoms with Gasteiger partial charge >= 0.3 is 5.97 Å². The molecule has 0 aliphatic carbocycles. The van der Waals surface area contributed by atoms with Gasteiger partial charge in [-0.3, -0.25) is 9.59 Å². The molecule has 0 amide bonds. The van der Waals surface area contributed by atoms with Gasteiger partial charge in [0.15, 0.2) is 11.3 Å². The summed E-state index contributed by atoms with van der Waals surface area (Å²) in [4.78, 5) is 34.0. The summed E-state index contributed by atoms with van der Waals surface area (Å²) in [7, 11) is 0. The van der Waals surface area contributed by atoms with Crippen molar-refractivity contribution in [3.8, 4) is 0 Å². The number of hydrogen-bond acceptors (Lipinski definition) is 6. The number of hydrogen-bond donors (Lipinski definition) is 0. The lowest BCUT2D eigenvalue weighted by molar-refractivity contribution is -0.144. The molecule has 0 fully saturated rings. The van der Waals surface area contributed by atoms with Crippen molar-refractivity contribution in [2.24, 2.45) is 0 Å². The number of rotatable bonds is 7. The highest BCUT2D eigenvalue weighted by Gasteiger charge is 2.26. The summed E-state index contributed by atoms with van der Waals surface area (Å²) in [5.41, 5.74) is 2.81. The second kappa shape index (κ2) is 9.28. The SMILES string of the molecule is Cc1cc(C)nc(SCC(=O)O[C@@H](C(=O)c2ccccc2)c2ccccc2)n1. The molecule has 0 N–H and O–H groups in total. The molecule has 3 rings (SSSR count). The maximum absolute atomic E-state index is 12.9. The number of carbonyl (C=O) groups excluding carboxylic acids is 2. The van der Waals surface area contributed by atoms with Crippen LogP contribution in [-0.4, -0.2) is 27.5 Å². The molecule has 1 aromatic heterocycles. The molecule has 28 heavy (non-hydrogen) atoms. The quantitative estimate of drug-likeness (QED) is 0.258. The lowest BCUT2D eigenvalue weighted by atomic mass is 10.00. The van der Waals surface area contributed by atoms with Crippen molar-refractivity contribution in [3.63, 3.8) is 0 Å². The van der Waals surface area contributed by atoms with Crippen molar-refractivity contribution in [1.29, 1.82) is 0 Å². The molecule has 1 heterocycles. The summed E-state index contributed by atoms with van der Waals surface area (Å²) in [6, 6.07) is 19.7. The molecule has 1 atom stereocenters. The molecule has 6 heteroatoms. The first-order valence-electron chi connectivity index (χ1n) is 8.81. The van der Waals surface area contributed by atoms with Gasteiger partial charge in [-0.05, 0) is 19.9 Å². The van der Waals surface area contributed by atoms with Crippen molar-refractivity contribution >= 4 is 23.5 Å². The van der Waals surface area contributed by atoms with Crippen LogP contribution in [0.4, 0.5) is 0 Å². The molecule has 0 spiro atoms. The Balaban J connectivity index is 1.74. The summed E-state index contributed by atoms with van der Waals surface area (Å²) in [6.45, 7) is 3.75. The van der Waals surface area contributed by atoms with Gasteiger partial charge in [-0.1, -0.05) is 72.4 Å². The third kappa shape index (κ3) is 5.27. The highest BCUT2D eigenvalue weighted by Crippen LogP contribution is 2.24. The Morgan fingerprint density at radius 2 is 1.50 bits per heavy atom. The van der Waals surface area contributed by atoms with E-state index in [9.17, 15) is 9.59 Å². The Labute approximate surface area is 168 Å². The Bertz CT molecular complexity index is 942. The van der Waals surface area contributed by atoms with Crippen LogP contribution in [-0.2, 0) is 9.53 Å². The fourth-order valence-electron chi connectivity index (χ4n) is 2.70. The van der Waals surface area contributed by atoms with E-state index in [1.807, 2.05) is 44.2 Å². The van der Waals surface area contributed by atoms with E-state index in [0.29, 0.717) is 16.3 Å². The molecule has 0 aliphatic rings. The zero-order chi connectivity index (χ0) is 19.9. The van der Waals surface area contributed by atoms with Crippen LogP contribution >= 0.6 is 11.8 Å². The van der Waals surface area contributed by atoms with Gasteiger partial charge in [0.1, 0.15) is 0 Å². The number of aryl methyl sites for hydroxylation is 2. The van der Waals surface area contributed by atoms with Crippen LogP contribution in [0, 0.1) is 13.8 Å². The normalized spacial score (nSPS) is 11.6. The van der Waals surface area contributed by atoms with Crippen molar-refractivity contribution < 1.29 is 14.3 Å². The predicted molar refractivity (Wildman–Crippen MR) is 108 cm³/mol. The number of nitrogens with zero attached hydrogens (tertiary/aromatic N) is 2. The molecule has 5 nitrogen and oxygen atoms in total. The Kier molecular flexibility index (Phi) is 6.55. The fraction of sp³-hybridized carbons (Fsp3) is 0.182. The topological polar surface area (TPSA) is 69.2 Å². The molecule has 0 bridgehead atoms. The lowest BCUT2D eigenvalue weighted by Gasteiger charge is -2.17. The van der Waals surface area contributed by atoms with Crippen molar-refractivity contribution in [3.05, 3.63) is 89.2 Å². The maximum Gasteiger partial charge on any atom is 0.317 e. The summed E-state index contributed by atoms with van der Waals surface area (Å²) in [5, 5.41) is 0.514. The highest BCUT2D eigenvalue weighted by atomic mass is 32.2. The maximum atomic E-state index is 12.9. The van der Waals surface area contributed by atoms with Gasteiger partial charge in [0.25, 0.3) is 0 Å². The average molecular weight is 392 g/mol. The second-order valence-corrected chi connectivity index (χ2v) is 7.18. The Morgan fingerprint density at radius 3 is 2.11 bits per heavy atom. The largest absolute Gasteiger partial charge is 0.448 e. The summed E-state index contributed by atoms with van der Waals surface area (Å²) >= 11 is 1.19. The van der Waals surface area contributed by atoms with Gasteiger partial charge in [0, 0.05) is 22.5 Å². The van der Waals surface area contributed by atoms with Crippen LogP contribution in [0.3, 0.4) is 0 Å². The Hall–Kier alpha value is -2.99. The zero-order valence-corrected chi connectivity index (χ0v) is 16.5. The lowest BCUT2D eigenvalue weighted by Crippen LogP contribution is -2.21. The van der Waals surface area contributed by atoms with Crippen LogP contribution in [0.5, 0.6) is 0 Å². The predicted octanol–water partition coefficient (Wildman–Crippen LogP) is 4.35. The number of carbonyl (C=O) groups is 2. The van der Waals surface area contributed by atoms with Crippen molar-refractivity contribution in [2.45, 2.75) is 25.1 Å². The first-order chi connectivity index (χ1) is 13.5. The number of ether oxygens (including phenoxy) is 1. The molecule has 2 aromatic carbocycles. The van der Waals surface area contributed by atoms with Gasteiger partial charge in [-0.15, -0.1) is 0 Å². The molecule has 0 saturated carbocycles. The van der Waals surface area contributed by atoms with Gasteiger partial charge in [0.2, 0.25) is 5.78 Å². The number of benzene rings is 2. The first kappa shape index (κ1) is 19.8. The zero-order valence-electron chi connectivity index (χ0n) is 15.7. The number of ketones is 1. The number of Topliss-reactive ketones (excluding diaryl/α,β-unsaturated/α-hetero) is 1. The van der Waals surface area contributed by atoms with Gasteiger partial charge in [-0.25, -0.2) is 9.97 Å². The third-order valence-electron chi connectivity index (χ3n) is 3.93. The van der Waals surface area contributed by atoms with Crippen LogP contribution in [0.25, 0.3) is 0 Å². The fourth-order valence-corrected chi connectivity index (χ4v) is 3.43. The standard InChI is InChI=1S/C22H20N2O3S/c1-15-13-16(2)24-22(23-15)28-14-19(25)27-21(18-11-7-4-8-12-18)20(26)17-9-5-3-6-10-17/h3-13,21H,14H2,1-2H3/t21-/m1/s1. The third-order valence-corrected chi connectivity index (χ3v) is 4.75. The second-order valence-electron chi connectivity index (χ2n) is 6.23. The van der Waals surface area contributed by atoms with Gasteiger partial charge in [-0.2, -0.15) is 0 Å². The minimum absolute atomic E-state index is 0.0221. The van der Waals surface area contributed by atoms with E-state index in [0.717, 1.165) is 11.4 Å². The number of esters is 1. The summed E-state index contributed by atoms with van der Waals surface area (Å²) in [6.07, 6.45) is -0.989. The van der Waals surface area contributed by atoms with E-state index >= 15 is 0 Å². The van der Waals surface area contributed by atoms with Gasteiger partial charge in [0.05, 0.1) is 5.75 Å². The number of thioether (sulfide) groups is 1. The molecule has 0 aliphatic heterocycles. The average Bonchev–Trinajstić information content (AvgIpc) is 2.70. The van der Waals surface area contributed by atoms with Crippen molar-refractivity contribution in [2.75, 3.05) is 5.75 Å². The molecule has 0 unspecified atom stereocenters. The highest BCUT2D eigenvalue weighted by molar-refractivity contribution is 7.99. The van der Waals surface area contributed by atoms with Gasteiger partial charge < -0.3 is 4.74 Å². The van der Waals surface area contributed by atoms with E-state index in [2.05, 4.69) is 9.97 Å². The van der Waals surface area contributed by atoms with E-state index in [1.165, 1.54) is 11.8 Å². The minimum Gasteiger partial charge on any atom is -0.448 e. The Morgan fingerprint density at radius 1 is 0.929 bits per heavy atom. The van der Waals surface area contributed by atoms with E-state index in [4.69, 9.17) is 4.74 Å². The summed E-state index contributed by atoms with van der Waals surface area (Å²) < 4.78 is 5.57. The van der Waals surface area contributed by atoms with E-state index in [-0.39, 0.29) is 11.5 Å². The molecular formula is C22H20N2O3S. The number of aromatic nitrogens is 2. The van der Waals surface area contributed by atoms with E-state index < -0.39 is 12.1 Å². The monoisotopic (exact) mass is 392 g/mol. The smallest absolute Gasteiger partial charge is 0.317 e. The minimum atomic E-state index is -0.989. The van der Waals surface area contributed by atoms with Crippen LogP contribution < -0.4 is 0 Å². The summed E-state index contributed by atoms with van der Waals surface area (Å²) in [5.74, 6) is -0.729. The van der Waals surface area contributed by atoms with Crippen LogP contribution in [0.2, 0.25) is 0 Å². The molecule has 142 valence electrons. The van der Waals surface area contributed by atoms with Crippen LogP contribution in [0.15, 0.2) is 71.9 Å². The molecule has 0 saturated heterocycles. The molecule has 3 aromatic rings. The first-order valence-corrected chi connectivity index (χ1v) is 9.80. The molecular weight excluding hydrogens is 372 g/mol. The van der Waals surface area contributed by atoms with Crippen LogP contribution in [0.1, 0.15) is 33.4 Å². The van der Waals surface area contributed by atoms with Crippen molar-refractivity contribution in [1.82, 2.24) is 9.97 Å². The van der Waals surface area contributed by atoms with E-state index in [1.54, 1.807) is 36.4 Å².